The minimum atomic E-state index is -0.143. The lowest BCUT2D eigenvalue weighted by atomic mass is 9.99. The molecule has 0 bridgehead atoms. The third-order valence-electron chi connectivity index (χ3n) is 4.94. The summed E-state index contributed by atoms with van der Waals surface area (Å²) in [5.41, 5.74) is 1.72. The van der Waals surface area contributed by atoms with E-state index in [1.165, 1.54) is 0 Å². The molecule has 0 spiro atoms. The van der Waals surface area contributed by atoms with Gasteiger partial charge in [-0.15, -0.1) is 30.2 Å². The van der Waals surface area contributed by atoms with Gasteiger partial charge >= 0.3 is 18.0 Å². The fraction of sp³-hybridized carbons (Fsp3) is 0.550. The highest BCUT2D eigenvalue weighted by molar-refractivity contribution is 5.10. The lowest BCUT2D eigenvalue weighted by Crippen LogP contribution is -2.26. The number of rotatable bonds is 12. The predicted octanol–water partition coefficient (Wildman–Crippen LogP) is 0.992. The molecule has 4 aromatic heterocycles. The van der Waals surface area contributed by atoms with Gasteiger partial charge in [-0.25, -0.2) is 4.68 Å². The molecule has 186 valence electrons. The summed E-state index contributed by atoms with van der Waals surface area (Å²) in [7, 11) is 3.53. The molecule has 0 saturated carbocycles. The molecule has 0 aliphatic heterocycles. The maximum absolute atomic E-state index is 5.77. The second-order valence-corrected chi connectivity index (χ2v) is 8.53. The van der Waals surface area contributed by atoms with E-state index in [0.29, 0.717) is 17.1 Å². The standard InChI is InChI=1S/C20H28N12O3/c1-6-7-20(2,3)32-10-16(26-29-32)13-35-19-22-17(33-11-14-8-30(4)27-24-14)21-18(23-19)34-12-15-9-31(5)28-25-15/h8-10H,6-7,11-13H2,1-5H3. The number of aryl methyl sites for hydroxylation is 2. The van der Waals surface area contributed by atoms with E-state index >= 15 is 0 Å². The zero-order valence-corrected chi connectivity index (χ0v) is 20.4. The van der Waals surface area contributed by atoms with E-state index in [0.717, 1.165) is 12.8 Å². The van der Waals surface area contributed by atoms with E-state index in [1.807, 2.05) is 10.9 Å². The summed E-state index contributed by atoms with van der Waals surface area (Å²) in [6, 6.07) is 0.0516. The molecule has 0 N–H and O–H groups in total. The second-order valence-electron chi connectivity index (χ2n) is 8.53. The maximum Gasteiger partial charge on any atom is 0.326 e. The van der Waals surface area contributed by atoms with Crippen molar-refractivity contribution >= 4 is 0 Å². The highest BCUT2D eigenvalue weighted by Gasteiger charge is 2.21. The smallest absolute Gasteiger partial charge is 0.326 e. The van der Waals surface area contributed by atoms with E-state index in [1.54, 1.807) is 35.9 Å². The van der Waals surface area contributed by atoms with Crippen LogP contribution in [-0.4, -0.2) is 59.9 Å². The lowest BCUT2D eigenvalue weighted by Gasteiger charge is -2.23. The van der Waals surface area contributed by atoms with Gasteiger partial charge < -0.3 is 14.2 Å². The van der Waals surface area contributed by atoms with Gasteiger partial charge in [-0.3, -0.25) is 9.36 Å². The van der Waals surface area contributed by atoms with Crippen molar-refractivity contribution in [1.82, 2.24) is 59.9 Å². The van der Waals surface area contributed by atoms with Crippen molar-refractivity contribution in [2.45, 2.75) is 59.0 Å². The molecular formula is C20H28N12O3. The monoisotopic (exact) mass is 484 g/mol. The average Bonchev–Trinajstić information content (AvgIpc) is 3.56. The SMILES string of the molecule is CCCC(C)(C)n1cc(COc2nc(OCc3cn(C)nn3)nc(OCc3cn(C)nn3)n2)nn1. The fourth-order valence-corrected chi connectivity index (χ4v) is 3.24. The van der Waals surface area contributed by atoms with Gasteiger partial charge in [0.15, 0.2) is 0 Å². The minimum absolute atomic E-state index is 0.0162. The Balaban J connectivity index is 1.46. The van der Waals surface area contributed by atoms with Crippen molar-refractivity contribution in [3.05, 3.63) is 35.7 Å². The number of hydrogen-bond donors (Lipinski definition) is 0. The number of nitrogens with zero attached hydrogens (tertiary/aromatic N) is 12. The number of ether oxygens (including phenoxy) is 3. The molecule has 15 heteroatoms. The van der Waals surface area contributed by atoms with Gasteiger partial charge in [-0.1, -0.05) is 29.0 Å². The topological polar surface area (TPSA) is 158 Å². The van der Waals surface area contributed by atoms with Crippen LogP contribution in [-0.2, 0) is 39.5 Å². The number of aromatic nitrogens is 12. The van der Waals surface area contributed by atoms with Gasteiger partial charge in [0, 0.05) is 14.1 Å². The molecule has 0 amide bonds. The van der Waals surface area contributed by atoms with Crippen LogP contribution >= 0.6 is 0 Å². The zero-order chi connectivity index (χ0) is 24.8. The first kappa shape index (κ1) is 24.0. The van der Waals surface area contributed by atoms with Crippen LogP contribution in [0.2, 0.25) is 0 Å². The van der Waals surface area contributed by atoms with Crippen LogP contribution in [0.15, 0.2) is 18.6 Å². The van der Waals surface area contributed by atoms with Gasteiger partial charge in [0.2, 0.25) is 0 Å². The molecule has 4 aromatic rings. The van der Waals surface area contributed by atoms with Gasteiger partial charge in [-0.05, 0) is 20.3 Å². The molecule has 15 nitrogen and oxygen atoms in total. The Kier molecular flexibility index (Phi) is 7.12. The first-order chi connectivity index (χ1) is 16.8. The van der Waals surface area contributed by atoms with E-state index < -0.39 is 0 Å². The Morgan fingerprint density at radius 1 is 0.686 bits per heavy atom. The Labute approximate surface area is 201 Å². The molecule has 4 rings (SSSR count). The summed E-state index contributed by atoms with van der Waals surface area (Å²) in [6.07, 6.45) is 7.33. The summed E-state index contributed by atoms with van der Waals surface area (Å²) in [5, 5.41) is 24.2. The Morgan fingerprint density at radius 2 is 1.11 bits per heavy atom. The lowest BCUT2D eigenvalue weighted by molar-refractivity contribution is 0.219. The summed E-state index contributed by atoms with van der Waals surface area (Å²) < 4.78 is 22.1. The third kappa shape index (κ3) is 6.45. The largest absolute Gasteiger partial charge is 0.457 e. The molecular weight excluding hydrogens is 456 g/mol. The predicted molar refractivity (Wildman–Crippen MR) is 119 cm³/mol. The van der Waals surface area contributed by atoms with Crippen LogP contribution in [0.5, 0.6) is 18.0 Å². The van der Waals surface area contributed by atoms with Crippen molar-refractivity contribution in [2.75, 3.05) is 0 Å². The second kappa shape index (κ2) is 10.4. The molecule has 0 fully saturated rings. The maximum atomic E-state index is 5.77. The van der Waals surface area contributed by atoms with Gasteiger partial charge in [0.25, 0.3) is 0 Å². The molecule has 35 heavy (non-hydrogen) atoms. The molecule has 4 heterocycles. The third-order valence-corrected chi connectivity index (χ3v) is 4.94. The summed E-state index contributed by atoms with van der Waals surface area (Å²) in [6.45, 7) is 6.70. The Morgan fingerprint density at radius 3 is 1.51 bits per heavy atom. The molecule has 0 aromatic carbocycles. The summed E-state index contributed by atoms with van der Waals surface area (Å²) in [4.78, 5) is 12.7. The van der Waals surface area contributed by atoms with E-state index in [2.05, 4.69) is 66.7 Å². The van der Waals surface area contributed by atoms with E-state index in [9.17, 15) is 0 Å². The van der Waals surface area contributed by atoms with Gasteiger partial charge in [0.05, 0.1) is 24.1 Å². The first-order valence-electron chi connectivity index (χ1n) is 11.1. The highest BCUT2D eigenvalue weighted by atomic mass is 16.5. The normalized spacial score (nSPS) is 11.6. The number of hydrogen-bond acceptors (Lipinski definition) is 12. The average molecular weight is 485 g/mol. The quantitative estimate of drug-likeness (QED) is 0.281. The van der Waals surface area contributed by atoms with E-state index in [4.69, 9.17) is 14.2 Å². The van der Waals surface area contributed by atoms with Crippen LogP contribution < -0.4 is 14.2 Å². The van der Waals surface area contributed by atoms with Gasteiger partial charge in [-0.2, -0.15) is 0 Å². The van der Waals surface area contributed by atoms with Crippen LogP contribution in [0, 0.1) is 0 Å². The van der Waals surface area contributed by atoms with Crippen molar-refractivity contribution < 1.29 is 14.2 Å². The van der Waals surface area contributed by atoms with Gasteiger partial charge in [0.1, 0.15) is 36.9 Å². The Hall–Kier alpha value is -4.17. The molecule has 0 atom stereocenters. The molecule has 0 saturated heterocycles. The zero-order valence-electron chi connectivity index (χ0n) is 20.4. The fourth-order valence-electron chi connectivity index (χ4n) is 3.24. The summed E-state index contributed by atoms with van der Waals surface area (Å²) in [5.74, 6) is 0. The van der Waals surface area contributed by atoms with E-state index in [-0.39, 0.29) is 43.4 Å². The Bertz CT molecular complexity index is 1190. The van der Waals surface area contributed by atoms with Crippen LogP contribution in [0.25, 0.3) is 0 Å². The summed E-state index contributed by atoms with van der Waals surface area (Å²) >= 11 is 0. The molecule has 0 radical (unpaired) electrons. The van der Waals surface area contributed by atoms with Crippen molar-refractivity contribution in [1.29, 1.82) is 0 Å². The van der Waals surface area contributed by atoms with Crippen LogP contribution in [0.1, 0.15) is 50.7 Å². The van der Waals surface area contributed by atoms with Crippen molar-refractivity contribution in [3.63, 3.8) is 0 Å². The van der Waals surface area contributed by atoms with Crippen LogP contribution in [0.4, 0.5) is 0 Å². The van der Waals surface area contributed by atoms with Crippen molar-refractivity contribution in [3.8, 4) is 18.0 Å². The van der Waals surface area contributed by atoms with Crippen molar-refractivity contribution in [2.24, 2.45) is 14.1 Å². The first-order valence-corrected chi connectivity index (χ1v) is 11.1. The molecule has 0 aliphatic carbocycles. The minimum Gasteiger partial charge on any atom is -0.457 e. The molecule has 0 unspecified atom stereocenters. The van der Waals surface area contributed by atoms with Crippen LogP contribution in [0.3, 0.4) is 0 Å². The highest BCUT2D eigenvalue weighted by Crippen LogP contribution is 2.21. The molecule has 0 aliphatic rings.